The van der Waals surface area contributed by atoms with Gasteiger partial charge in [-0.1, -0.05) is 0 Å². The Morgan fingerprint density at radius 1 is 1.45 bits per heavy atom. The molecule has 0 saturated heterocycles. The van der Waals surface area contributed by atoms with Crippen molar-refractivity contribution in [2.75, 3.05) is 0 Å². The van der Waals surface area contributed by atoms with Crippen molar-refractivity contribution in [2.45, 2.75) is 57.9 Å². The molecule has 2 N–H and O–H groups in total. The molecule has 118 valence electrons. The fourth-order valence-corrected chi connectivity index (χ4v) is 3.83. The second-order valence-electron chi connectivity index (χ2n) is 6.14. The van der Waals surface area contributed by atoms with E-state index in [0.717, 1.165) is 31.4 Å². The molecule has 0 unspecified atom stereocenters. The molecule has 0 aliphatic heterocycles. The molecule has 1 atom stereocenters. The third-order valence-electron chi connectivity index (χ3n) is 4.26. The van der Waals surface area contributed by atoms with Crippen LogP contribution >= 0.6 is 11.3 Å². The Hall–Kier alpha value is -1.62. The van der Waals surface area contributed by atoms with E-state index in [1.54, 1.807) is 11.3 Å². The first-order valence-electron chi connectivity index (χ1n) is 8.08. The molecular weight excluding hydrogens is 294 g/mol. The minimum atomic E-state index is 0.121. The van der Waals surface area contributed by atoms with Crippen LogP contribution in [0.4, 0.5) is 0 Å². The summed E-state index contributed by atoms with van der Waals surface area (Å²) < 4.78 is 0. The summed E-state index contributed by atoms with van der Waals surface area (Å²) in [5, 5.41) is 14.8. The number of H-pyrrole nitrogens is 1. The fraction of sp³-hybridized carbons (Fsp3) is 0.529. The quantitative estimate of drug-likeness (QED) is 0.860. The number of amides is 1. The summed E-state index contributed by atoms with van der Waals surface area (Å²) >= 11 is 1.70. The second-order valence-corrected chi connectivity index (χ2v) is 6.92. The van der Waals surface area contributed by atoms with Crippen LogP contribution in [0.2, 0.25) is 0 Å². The van der Waals surface area contributed by atoms with Crippen molar-refractivity contribution >= 4 is 17.2 Å². The van der Waals surface area contributed by atoms with Gasteiger partial charge in [-0.05, 0) is 67.0 Å². The van der Waals surface area contributed by atoms with Gasteiger partial charge >= 0.3 is 0 Å². The van der Waals surface area contributed by atoms with Gasteiger partial charge in [0.05, 0.1) is 5.69 Å². The van der Waals surface area contributed by atoms with Crippen LogP contribution in [-0.4, -0.2) is 22.1 Å². The van der Waals surface area contributed by atoms with E-state index in [1.165, 1.54) is 29.7 Å². The Morgan fingerprint density at radius 2 is 2.32 bits per heavy atom. The highest BCUT2D eigenvalue weighted by Crippen LogP contribution is 2.22. The zero-order chi connectivity index (χ0) is 15.4. The molecule has 3 rings (SSSR count). The van der Waals surface area contributed by atoms with Gasteiger partial charge in [0, 0.05) is 24.6 Å². The standard InChI is InChI=1S/C17H23N3OS/c1-12(10-13-8-9-22-11-13)18-17(21)7-6-16-14-4-2-3-5-15(14)19-20-16/h8-9,11-12H,2-7,10H2,1H3,(H,18,21)(H,19,20)/t12-/m1/s1. The molecule has 22 heavy (non-hydrogen) atoms. The van der Waals surface area contributed by atoms with E-state index < -0.39 is 0 Å². The fourth-order valence-electron chi connectivity index (χ4n) is 3.15. The van der Waals surface area contributed by atoms with Gasteiger partial charge in [-0.25, -0.2) is 0 Å². The van der Waals surface area contributed by atoms with E-state index in [4.69, 9.17) is 0 Å². The van der Waals surface area contributed by atoms with Crippen LogP contribution in [0, 0.1) is 0 Å². The van der Waals surface area contributed by atoms with Gasteiger partial charge < -0.3 is 5.32 Å². The Bertz CT molecular complexity index is 618. The number of rotatable bonds is 6. The maximum absolute atomic E-state index is 12.1. The third kappa shape index (κ3) is 3.77. The molecule has 0 bridgehead atoms. The smallest absolute Gasteiger partial charge is 0.220 e. The zero-order valence-corrected chi connectivity index (χ0v) is 13.8. The van der Waals surface area contributed by atoms with Crippen molar-refractivity contribution in [2.24, 2.45) is 0 Å². The number of carbonyl (C=O) groups is 1. The Kier molecular flexibility index (Phi) is 4.93. The zero-order valence-electron chi connectivity index (χ0n) is 13.0. The summed E-state index contributed by atoms with van der Waals surface area (Å²) in [6.45, 7) is 2.06. The second kappa shape index (κ2) is 7.09. The number of hydrogen-bond donors (Lipinski definition) is 2. The summed E-state index contributed by atoms with van der Waals surface area (Å²) in [6.07, 6.45) is 6.85. The van der Waals surface area contributed by atoms with Gasteiger partial charge in [-0.3, -0.25) is 9.89 Å². The molecule has 0 saturated carbocycles. The number of thiophene rings is 1. The number of aromatic amines is 1. The molecule has 0 radical (unpaired) electrons. The summed E-state index contributed by atoms with van der Waals surface area (Å²) in [7, 11) is 0. The maximum atomic E-state index is 12.1. The van der Waals surface area contributed by atoms with E-state index in [-0.39, 0.29) is 11.9 Å². The lowest BCUT2D eigenvalue weighted by atomic mass is 9.94. The van der Waals surface area contributed by atoms with Gasteiger partial charge in [0.15, 0.2) is 0 Å². The Morgan fingerprint density at radius 3 is 3.14 bits per heavy atom. The molecule has 2 aromatic rings. The van der Waals surface area contributed by atoms with E-state index in [1.807, 2.05) is 0 Å². The third-order valence-corrected chi connectivity index (χ3v) is 4.99. The molecule has 1 amide bonds. The van der Waals surface area contributed by atoms with E-state index in [2.05, 4.69) is 39.3 Å². The Labute approximate surface area is 135 Å². The molecule has 0 aromatic carbocycles. The van der Waals surface area contributed by atoms with Gasteiger partial charge in [0.25, 0.3) is 0 Å². The van der Waals surface area contributed by atoms with Crippen LogP contribution in [-0.2, 0) is 30.5 Å². The highest BCUT2D eigenvalue weighted by molar-refractivity contribution is 7.07. The van der Waals surface area contributed by atoms with E-state index >= 15 is 0 Å². The average Bonchev–Trinajstić information content (AvgIpc) is 3.14. The minimum Gasteiger partial charge on any atom is -0.353 e. The van der Waals surface area contributed by atoms with Gasteiger partial charge in [0.2, 0.25) is 5.91 Å². The maximum Gasteiger partial charge on any atom is 0.220 e. The molecule has 0 fully saturated rings. The lowest BCUT2D eigenvalue weighted by Gasteiger charge is -2.14. The first-order chi connectivity index (χ1) is 10.7. The number of nitrogens with zero attached hydrogens (tertiary/aromatic N) is 1. The van der Waals surface area contributed by atoms with E-state index in [9.17, 15) is 4.79 Å². The topological polar surface area (TPSA) is 57.8 Å². The normalized spacial score (nSPS) is 15.3. The van der Waals surface area contributed by atoms with Crippen molar-refractivity contribution in [1.29, 1.82) is 0 Å². The van der Waals surface area contributed by atoms with E-state index in [0.29, 0.717) is 6.42 Å². The molecular formula is C17H23N3OS. The summed E-state index contributed by atoms with van der Waals surface area (Å²) in [6, 6.07) is 2.29. The van der Waals surface area contributed by atoms with Crippen molar-refractivity contribution in [3.63, 3.8) is 0 Å². The number of fused-ring (bicyclic) bond motifs is 1. The number of aromatic nitrogens is 2. The molecule has 2 aromatic heterocycles. The van der Waals surface area contributed by atoms with Crippen LogP contribution in [0.3, 0.4) is 0 Å². The van der Waals surface area contributed by atoms with Crippen molar-refractivity contribution in [3.8, 4) is 0 Å². The Balaban J connectivity index is 1.47. The lowest BCUT2D eigenvalue weighted by molar-refractivity contribution is -0.121. The summed E-state index contributed by atoms with van der Waals surface area (Å²) in [5.41, 5.74) is 5.03. The number of aryl methyl sites for hydroxylation is 2. The van der Waals surface area contributed by atoms with Crippen LogP contribution in [0.5, 0.6) is 0 Å². The summed E-state index contributed by atoms with van der Waals surface area (Å²) in [4.78, 5) is 12.1. The number of carbonyl (C=O) groups excluding carboxylic acids is 1. The van der Waals surface area contributed by atoms with Crippen LogP contribution in [0.25, 0.3) is 0 Å². The van der Waals surface area contributed by atoms with Gasteiger partial charge in [-0.2, -0.15) is 16.4 Å². The summed E-state index contributed by atoms with van der Waals surface area (Å²) in [5.74, 6) is 0.121. The molecule has 5 heteroatoms. The molecule has 1 aliphatic carbocycles. The van der Waals surface area contributed by atoms with Crippen molar-refractivity contribution < 1.29 is 4.79 Å². The average molecular weight is 317 g/mol. The van der Waals surface area contributed by atoms with Crippen molar-refractivity contribution in [1.82, 2.24) is 15.5 Å². The van der Waals surface area contributed by atoms with Crippen LogP contribution < -0.4 is 5.32 Å². The SMILES string of the molecule is C[C@H](Cc1ccsc1)NC(=O)CCc1n[nH]c2c1CCCC2. The van der Waals surface area contributed by atoms with Crippen LogP contribution in [0.15, 0.2) is 16.8 Å². The molecule has 1 aliphatic rings. The highest BCUT2D eigenvalue weighted by Gasteiger charge is 2.17. The largest absolute Gasteiger partial charge is 0.353 e. The minimum absolute atomic E-state index is 0.121. The number of hydrogen-bond acceptors (Lipinski definition) is 3. The molecule has 4 nitrogen and oxygen atoms in total. The first-order valence-corrected chi connectivity index (χ1v) is 9.02. The molecule has 2 heterocycles. The highest BCUT2D eigenvalue weighted by atomic mass is 32.1. The lowest BCUT2D eigenvalue weighted by Crippen LogP contribution is -2.34. The van der Waals surface area contributed by atoms with Gasteiger partial charge in [-0.15, -0.1) is 0 Å². The predicted octanol–water partition coefficient (Wildman–Crippen LogP) is 3.03. The first kappa shape index (κ1) is 15.3. The predicted molar refractivity (Wildman–Crippen MR) is 89.2 cm³/mol. The molecule has 0 spiro atoms. The van der Waals surface area contributed by atoms with Gasteiger partial charge in [0.1, 0.15) is 0 Å². The van der Waals surface area contributed by atoms with Crippen LogP contribution in [0.1, 0.15) is 48.7 Å². The van der Waals surface area contributed by atoms with Crippen molar-refractivity contribution in [3.05, 3.63) is 39.3 Å². The number of nitrogens with one attached hydrogen (secondary N) is 2. The monoisotopic (exact) mass is 317 g/mol.